The van der Waals surface area contributed by atoms with Crippen molar-refractivity contribution in [3.63, 3.8) is 0 Å². The molecule has 2 N–H and O–H groups in total. The average Bonchev–Trinajstić information content (AvgIpc) is 2.36. The van der Waals surface area contributed by atoms with Crippen LogP contribution in [0.5, 0.6) is 0 Å². The van der Waals surface area contributed by atoms with Gasteiger partial charge in [0.05, 0.1) is 0 Å². The monoisotopic (exact) mass is 252 g/mol. The Morgan fingerprint density at radius 2 is 2.28 bits per heavy atom. The normalized spacial score (nSPS) is 11.9. The zero-order chi connectivity index (χ0) is 13.5. The van der Waals surface area contributed by atoms with E-state index >= 15 is 0 Å². The van der Waals surface area contributed by atoms with E-state index in [9.17, 15) is 4.79 Å². The van der Waals surface area contributed by atoms with Crippen molar-refractivity contribution in [3.05, 3.63) is 12.4 Å². The lowest BCUT2D eigenvalue weighted by Gasteiger charge is -2.18. The van der Waals surface area contributed by atoms with E-state index in [0.29, 0.717) is 5.82 Å². The third kappa shape index (κ3) is 4.20. The van der Waals surface area contributed by atoms with E-state index in [1.807, 2.05) is 11.9 Å². The molecule has 6 heteroatoms. The van der Waals surface area contributed by atoms with Gasteiger partial charge in [-0.15, -0.1) is 0 Å². The summed E-state index contributed by atoms with van der Waals surface area (Å²) >= 11 is 0. The molecule has 0 fully saturated rings. The Kier molecular flexibility index (Phi) is 5.35. The first-order valence-electron chi connectivity index (χ1n) is 6.07. The number of hydrogen-bond acceptors (Lipinski definition) is 5. The molecule has 0 amide bonds. The first kappa shape index (κ1) is 14.2. The summed E-state index contributed by atoms with van der Waals surface area (Å²) in [4.78, 5) is 21.0. The second kappa shape index (κ2) is 6.78. The van der Waals surface area contributed by atoms with E-state index in [1.165, 1.54) is 6.33 Å². The van der Waals surface area contributed by atoms with E-state index in [4.69, 9.17) is 5.11 Å². The summed E-state index contributed by atoms with van der Waals surface area (Å²) in [5.74, 6) is 0.409. The predicted molar refractivity (Wildman–Crippen MR) is 70.9 cm³/mol. The summed E-state index contributed by atoms with van der Waals surface area (Å²) in [5, 5.41) is 11.6. The van der Waals surface area contributed by atoms with Crippen LogP contribution in [0, 0.1) is 0 Å². The summed E-state index contributed by atoms with van der Waals surface area (Å²) in [7, 11) is 1.96. The van der Waals surface area contributed by atoms with E-state index in [0.717, 1.165) is 25.2 Å². The number of anilines is 2. The number of hydrogen-bond donors (Lipinski definition) is 2. The molecule has 0 aromatic carbocycles. The lowest BCUT2D eigenvalue weighted by atomic mass is 10.3. The van der Waals surface area contributed by atoms with Gasteiger partial charge >= 0.3 is 5.97 Å². The lowest BCUT2D eigenvalue weighted by molar-refractivity contribution is -0.137. The zero-order valence-corrected chi connectivity index (χ0v) is 11.1. The topological polar surface area (TPSA) is 78.4 Å². The minimum atomic E-state index is -0.908. The van der Waals surface area contributed by atoms with Crippen molar-refractivity contribution in [1.29, 1.82) is 0 Å². The largest absolute Gasteiger partial charge is 0.480 e. The molecule has 1 unspecified atom stereocenters. The highest BCUT2D eigenvalue weighted by molar-refractivity contribution is 5.76. The summed E-state index contributed by atoms with van der Waals surface area (Å²) < 4.78 is 0. The molecular formula is C12H20N4O2. The molecule has 0 spiro atoms. The van der Waals surface area contributed by atoms with Crippen LogP contribution >= 0.6 is 0 Å². The standard InChI is InChI=1S/C12H20N4O2/c1-4-5-6-16(3)11-7-10(13-8-14-11)15-9(2)12(17)18/h7-9H,4-6H2,1-3H3,(H,17,18)(H,13,14,15). The van der Waals surface area contributed by atoms with Gasteiger partial charge < -0.3 is 15.3 Å². The second-order valence-electron chi connectivity index (χ2n) is 4.24. The number of nitrogens with one attached hydrogen (secondary N) is 1. The molecule has 0 aliphatic heterocycles. The van der Waals surface area contributed by atoms with Gasteiger partial charge in [0.25, 0.3) is 0 Å². The molecule has 1 aromatic rings. The number of rotatable bonds is 7. The quantitative estimate of drug-likeness (QED) is 0.767. The van der Waals surface area contributed by atoms with Gasteiger partial charge in [0.2, 0.25) is 0 Å². The Balaban J connectivity index is 2.69. The molecule has 6 nitrogen and oxygen atoms in total. The van der Waals surface area contributed by atoms with Crippen molar-refractivity contribution in [3.8, 4) is 0 Å². The highest BCUT2D eigenvalue weighted by Crippen LogP contribution is 2.13. The fraction of sp³-hybridized carbons (Fsp3) is 0.583. The third-order valence-electron chi connectivity index (χ3n) is 2.63. The first-order valence-corrected chi connectivity index (χ1v) is 6.07. The summed E-state index contributed by atoms with van der Waals surface area (Å²) in [5.41, 5.74) is 0. The smallest absolute Gasteiger partial charge is 0.325 e. The van der Waals surface area contributed by atoms with Crippen LogP contribution in [-0.2, 0) is 4.79 Å². The van der Waals surface area contributed by atoms with Crippen molar-refractivity contribution in [1.82, 2.24) is 9.97 Å². The van der Waals surface area contributed by atoms with Gasteiger partial charge in [-0.3, -0.25) is 4.79 Å². The molecule has 0 aliphatic rings. The van der Waals surface area contributed by atoms with Crippen molar-refractivity contribution in [2.24, 2.45) is 0 Å². The minimum Gasteiger partial charge on any atom is -0.480 e. The van der Waals surface area contributed by atoms with Gasteiger partial charge in [0.15, 0.2) is 0 Å². The Labute approximate surface area is 107 Å². The molecule has 0 saturated heterocycles. The van der Waals surface area contributed by atoms with Gasteiger partial charge in [-0.1, -0.05) is 13.3 Å². The van der Waals surface area contributed by atoms with Gasteiger partial charge in [0.1, 0.15) is 24.0 Å². The number of nitrogens with zero attached hydrogens (tertiary/aromatic N) is 3. The van der Waals surface area contributed by atoms with Crippen LogP contribution in [0.4, 0.5) is 11.6 Å². The van der Waals surface area contributed by atoms with E-state index in [1.54, 1.807) is 13.0 Å². The summed E-state index contributed by atoms with van der Waals surface area (Å²) in [6.45, 7) is 4.63. The van der Waals surface area contributed by atoms with Crippen LogP contribution in [0.15, 0.2) is 12.4 Å². The maximum Gasteiger partial charge on any atom is 0.325 e. The average molecular weight is 252 g/mol. The van der Waals surface area contributed by atoms with Crippen LogP contribution in [0.1, 0.15) is 26.7 Å². The van der Waals surface area contributed by atoms with Crippen LogP contribution in [0.25, 0.3) is 0 Å². The predicted octanol–water partition coefficient (Wildman–Crippen LogP) is 1.60. The summed E-state index contributed by atoms with van der Waals surface area (Å²) in [6, 6.07) is 1.09. The van der Waals surface area contributed by atoms with Crippen LogP contribution in [0.2, 0.25) is 0 Å². The van der Waals surface area contributed by atoms with Gasteiger partial charge in [-0.2, -0.15) is 0 Å². The highest BCUT2D eigenvalue weighted by Gasteiger charge is 2.11. The Hall–Kier alpha value is -1.85. The van der Waals surface area contributed by atoms with Gasteiger partial charge in [-0.05, 0) is 13.3 Å². The third-order valence-corrected chi connectivity index (χ3v) is 2.63. The zero-order valence-electron chi connectivity index (χ0n) is 11.1. The molecule has 18 heavy (non-hydrogen) atoms. The fourth-order valence-corrected chi connectivity index (χ4v) is 1.43. The van der Waals surface area contributed by atoms with Crippen molar-refractivity contribution in [2.75, 3.05) is 23.8 Å². The molecule has 1 aromatic heterocycles. The first-order chi connectivity index (χ1) is 8.54. The highest BCUT2D eigenvalue weighted by atomic mass is 16.4. The Bertz CT molecular complexity index is 397. The van der Waals surface area contributed by atoms with Crippen LogP contribution in [0.3, 0.4) is 0 Å². The molecule has 0 bridgehead atoms. The number of carboxylic acid groups (broad SMARTS) is 1. The molecule has 100 valence electrons. The van der Waals surface area contributed by atoms with Crippen molar-refractivity contribution in [2.45, 2.75) is 32.7 Å². The van der Waals surface area contributed by atoms with Gasteiger partial charge in [0, 0.05) is 19.7 Å². The molecule has 1 rings (SSSR count). The number of carboxylic acids is 1. The van der Waals surface area contributed by atoms with Crippen molar-refractivity contribution < 1.29 is 9.90 Å². The van der Waals surface area contributed by atoms with E-state index in [-0.39, 0.29) is 0 Å². The van der Waals surface area contributed by atoms with Crippen LogP contribution < -0.4 is 10.2 Å². The molecule has 0 radical (unpaired) electrons. The van der Waals surface area contributed by atoms with E-state index in [2.05, 4.69) is 22.2 Å². The molecule has 1 heterocycles. The van der Waals surface area contributed by atoms with Crippen LogP contribution in [-0.4, -0.2) is 40.7 Å². The fourth-order valence-electron chi connectivity index (χ4n) is 1.43. The van der Waals surface area contributed by atoms with Crippen molar-refractivity contribution >= 4 is 17.6 Å². The molecule has 1 atom stereocenters. The summed E-state index contributed by atoms with van der Waals surface area (Å²) in [6.07, 6.45) is 3.65. The minimum absolute atomic E-state index is 0.526. The second-order valence-corrected chi connectivity index (χ2v) is 4.24. The SMILES string of the molecule is CCCCN(C)c1cc(NC(C)C(=O)O)ncn1. The number of unbranched alkanes of at least 4 members (excludes halogenated alkanes) is 1. The maximum atomic E-state index is 10.7. The molecule has 0 aliphatic carbocycles. The lowest BCUT2D eigenvalue weighted by Crippen LogP contribution is -2.26. The number of carbonyl (C=O) groups is 1. The number of aromatic nitrogens is 2. The maximum absolute atomic E-state index is 10.7. The number of aliphatic carboxylic acids is 1. The Morgan fingerprint density at radius 1 is 1.56 bits per heavy atom. The molecule has 0 saturated carbocycles. The molecular weight excluding hydrogens is 232 g/mol. The Morgan fingerprint density at radius 3 is 2.89 bits per heavy atom. The van der Waals surface area contributed by atoms with E-state index < -0.39 is 12.0 Å². The van der Waals surface area contributed by atoms with Gasteiger partial charge in [-0.25, -0.2) is 9.97 Å².